The van der Waals surface area contributed by atoms with Gasteiger partial charge in [0.2, 0.25) is 0 Å². The number of furan rings is 1. The zero-order valence-corrected chi connectivity index (χ0v) is 38.6. The number of nitrogens with zero attached hydrogens (tertiary/aromatic N) is 1. The second-order valence-corrected chi connectivity index (χ2v) is 20.1. The van der Waals surface area contributed by atoms with E-state index in [1.54, 1.807) is 0 Å². The van der Waals surface area contributed by atoms with Gasteiger partial charge in [0, 0.05) is 49.9 Å². The van der Waals surface area contributed by atoms with Gasteiger partial charge in [0.1, 0.15) is 5.58 Å². The van der Waals surface area contributed by atoms with Crippen LogP contribution in [0, 0.1) is 0 Å². The molecular weight excluding hydrogens is 824 g/mol. The van der Waals surface area contributed by atoms with Gasteiger partial charge in [-0.1, -0.05) is 179 Å². The van der Waals surface area contributed by atoms with Crippen LogP contribution in [0.25, 0.3) is 77.2 Å². The van der Waals surface area contributed by atoms with Crippen molar-refractivity contribution in [3.8, 4) is 44.5 Å². The van der Waals surface area contributed by atoms with E-state index in [1.165, 1.54) is 88.6 Å². The molecule has 0 bridgehead atoms. The molecule has 0 amide bonds. The van der Waals surface area contributed by atoms with Gasteiger partial charge in [-0.2, -0.15) is 0 Å². The molecule has 1 aromatic heterocycles. The van der Waals surface area contributed by atoms with Crippen LogP contribution in [0.1, 0.15) is 49.9 Å². The predicted molar refractivity (Wildman–Crippen MR) is 288 cm³/mol. The van der Waals surface area contributed by atoms with E-state index in [0.717, 1.165) is 57.5 Å². The highest BCUT2D eigenvalue weighted by Crippen LogP contribution is 2.54. The average Bonchev–Trinajstić information content (AvgIpc) is 3.94. The van der Waals surface area contributed by atoms with Crippen molar-refractivity contribution in [1.29, 1.82) is 0 Å². The van der Waals surface area contributed by atoms with E-state index in [1.807, 2.05) is 0 Å². The summed E-state index contributed by atoms with van der Waals surface area (Å²) < 4.78 is 7.16. The maximum atomic E-state index is 7.16. The van der Waals surface area contributed by atoms with E-state index in [2.05, 4.69) is 238 Å². The zero-order chi connectivity index (χ0) is 45.5. The van der Waals surface area contributed by atoms with Crippen molar-refractivity contribution in [2.75, 3.05) is 10.2 Å². The lowest BCUT2D eigenvalue weighted by Gasteiger charge is -2.36. The van der Waals surface area contributed by atoms with Crippen LogP contribution in [0.2, 0.25) is 0 Å². The Labute approximate surface area is 397 Å². The molecule has 2 aliphatic carbocycles. The second-order valence-electron chi connectivity index (χ2n) is 20.1. The topological polar surface area (TPSA) is 28.4 Å². The van der Waals surface area contributed by atoms with E-state index < -0.39 is 0 Å². The molecule has 3 aliphatic rings. The number of fused-ring (bicyclic) bond motifs is 13. The van der Waals surface area contributed by atoms with Crippen LogP contribution < -0.4 is 21.1 Å². The van der Waals surface area contributed by atoms with E-state index in [9.17, 15) is 0 Å². The van der Waals surface area contributed by atoms with Gasteiger partial charge >= 0.3 is 0 Å². The van der Waals surface area contributed by atoms with Gasteiger partial charge in [0.05, 0.1) is 5.69 Å². The number of hydrogen-bond acceptors (Lipinski definition) is 3. The van der Waals surface area contributed by atoms with Gasteiger partial charge in [-0.25, -0.2) is 0 Å². The molecule has 11 aromatic rings. The number of benzene rings is 10. The summed E-state index contributed by atoms with van der Waals surface area (Å²) in [7, 11) is 0.735. The van der Waals surface area contributed by atoms with Crippen LogP contribution in [-0.2, 0) is 10.8 Å². The molecule has 0 atom stereocenters. The van der Waals surface area contributed by atoms with Gasteiger partial charge < -0.3 is 14.6 Å². The van der Waals surface area contributed by atoms with Crippen LogP contribution in [0.4, 0.5) is 28.4 Å². The monoisotopic (exact) mass is 870 g/mol. The quantitative estimate of drug-likeness (QED) is 0.175. The van der Waals surface area contributed by atoms with Crippen molar-refractivity contribution in [1.82, 2.24) is 0 Å². The minimum Gasteiger partial charge on any atom is -0.454 e. The molecule has 14 rings (SSSR count). The van der Waals surface area contributed by atoms with Crippen LogP contribution in [-0.4, -0.2) is 7.28 Å². The van der Waals surface area contributed by atoms with Crippen molar-refractivity contribution >= 4 is 79.4 Å². The molecule has 0 unspecified atom stereocenters. The molecule has 1 N–H and O–H groups in total. The maximum absolute atomic E-state index is 7.16. The fourth-order valence-electron chi connectivity index (χ4n) is 12.2. The van der Waals surface area contributed by atoms with E-state index in [4.69, 9.17) is 4.42 Å². The summed E-state index contributed by atoms with van der Waals surface area (Å²) >= 11 is 0. The Hall–Kier alpha value is -8.08. The fourth-order valence-corrected chi connectivity index (χ4v) is 12.2. The third kappa shape index (κ3) is 5.61. The molecule has 0 fully saturated rings. The molecule has 68 heavy (non-hydrogen) atoms. The Balaban J connectivity index is 1.05. The SMILES string of the molecule is CC1(C)c2ccccc2-c2ccc(N3c4cc5c(cc4Bc4c(-c6cc7ccccc7cc6Nc6ccc(-c7ccccc7)cc6)cc6c(oc7ccccc76)c43)-c3ccccc3C5(C)C)cc21. The number of para-hydroxylation sites is 1. The van der Waals surface area contributed by atoms with Gasteiger partial charge in [-0.15, -0.1) is 0 Å². The molecule has 3 nitrogen and oxygen atoms in total. The first kappa shape index (κ1) is 39.1. The van der Waals surface area contributed by atoms with Crippen molar-refractivity contribution in [2.45, 2.75) is 38.5 Å². The summed E-state index contributed by atoms with van der Waals surface area (Å²) in [6.07, 6.45) is 0. The van der Waals surface area contributed by atoms with Crippen molar-refractivity contribution in [2.24, 2.45) is 0 Å². The minimum atomic E-state index is -0.174. The molecule has 4 heteroatoms. The molecular formula is C64H47BN2O. The molecule has 0 saturated carbocycles. The fraction of sp³-hybridized carbons (Fsp3) is 0.0938. The van der Waals surface area contributed by atoms with Crippen molar-refractivity contribution < 1.29 is 4.42 Å². The second kappa shape index (κ2) is 14.2. The number of hydrogen-bond donors (Lipinski definition) is 1. The maximum Gasteiger partial charge on any atom is 0.198 e. The van der Waals surface area contributed by atoms with Gasteiger partial charge in [-0.05, 0) is 132 Å². The van der Waals surface area contributed by atoms with Crippen molar-refractivity contribution in [3.63, 3.8) is 0 Å². The van der Waals surface area contributed by atoms with Crippen molar-refractivity contribution in [3.05, 3.63) is 222 Å². The zero-order valence-electron chi connectivity index (χ0n) is 38.6. The molecule has 0 saturated heterocycles. The first-order valence-corrected chi connectivity index (χ1v) is 24.0. The Morgan fingerprint density at radius 1 is 0.456 bits per heavy atom. The normalized spacial score (nSPS) is 14.5. The van der Waals surface area contributed by atoms with Gasteiger partial charge in [0.25, 0.3) is 0 Å². The number of rotatable bonds is 5. The summed E-state index contributed by atoms with van der Waals surface area (Å²) in [5.74, 6) is 0. The lowest BCUT2D eigenvalue weighted by atomic mass is 9.57. The van der Waals surface area contributed by atoms with Gasteiger partial charge in [0.15, 0.2) is 12.9 Å². The summed E-state index contributed by atoms with van der Waals surface area (Å²) in [6, 6.07) is 74.1. The highest BCUT2D eigenvalue weighted by molar-refractivity contribution is 6.74. The van der Waals surface area contributed by atoms with Crippen LogP contribution >= 0.6 is 0 Å². The molecule has 0 spiro atoms. The number of nitrogens with one attached hydrogen (secondary N) is 1. The Morgan fingerprint density at radius 3 is 1.84 bits per heavy atom. The minimum absolute atomic E-state index is 0.171. The third-order valence-electron chi connectivity index (χ3n) is 15.6. The van der Waals surface area contributed by atoms with Crippen LogP contribution in [0.3, 0.4) is 0 Å². The largest absolute Gasteiger partial charge is 0.454 e. The first-order valence-electron chi connectivity index (χ1n) is 24.0. The number of anilines is 5. The summed E-state index contributed by atoms with van der Waals surface area (Å²) in [5, 5.41) is 8.56. The van der Waals surface area contributed by atoms with E-state index in [-0.39, 0.29) is 10.8 Å². The third-order valence-corrected chi connectivity index (χ3v) is 15.6. The van der Waals surface area contributed by atoms with E-state index in [0.29, 0.717) is 0 Å². The highest BCUT2D eigenvalue weighted by Gasteiger charge is 2.41. The molecule has 0 radical (unpaired) electrons. The summed E-state index contributed by atoms with van der Waals surface area (Å²) in [6.45, 7) is 9.54. The average molecular weight is 871 g/mol. The molecule has 1 aliphatic heterocycles. The lowest BCUT2D eigenvalue weighted by molar-refractivity contribution is 0.660. The summed E-state index contributed by atoms with van der Waals surface area (Å²) in [4.78, 5) is 2.57. The Bertz CT molecular complexity index is 3920. The van der Waals surface area contributed by atoms with Gasteiger partial charge in [-0.3, -0.25) is 0 Å². The standard InChI is InChI=1S/C64H47BN2O/c1-63(2)52-23-13-10-20-44(52)46-31-30-43(34-54(46)63)67-58-37-55-48(45-21-11-14-24-53(45)64(55,3)4)36-56(58)65-60-50(35-51-47-22-12-15-25-59(47)68-62(51)61(60)67)49-32-40-18-8-9-19-41(40)33-57(49)66-42-28-26-39(27-29-42)38-16-6-5-7-17-38/h5-37,65-66H,1-4H3. The van der Waals surface area contributed by atoms with E-state index >= 15 is 0 Å². The molecule has 10 aromatic carbocycles. The van der Waals surface area contributed by atoms with Crippen LogP contribution in [0.5, 0.6) is 0 Å². The highest BCUT2D eigenvalue weighted by atomic mass is 16.3. The molecule has 322 valence electrons. The summed E-state index contributed by atoms with van der Waals surface area (Å²) in [5.41, 5.74) is 25.0. The Morgan fingerprint density at radius 2 is 1.07 bits per heavy atom. The molecule has 2 heterocycles. The van der Waals surface area contributed by atoms with Crippen LogP contribution in [0.15, 0.2) is 205 Å². The first-order chi connectivity index (χ1) is 33.2. The predicted octanol–water partition coefficient (Wildman–Crippen LogP) is 15.6. The smallest absolute Gasteiger partial charge is 0.198 e. The Kier molecular flexibility index (Phi) is 8.18. The lowest BCUT2D eigenvalue weighted by Crippen LogP contribution is -2.41.